The van der Waals surface area contributed by atoms with E-state index in [0.717, 1.165) is 0 Å². The molecule has 0 N–H and O–H groups in total. The molecule has 1 saturated heterocycles. The lowest BCUT2D eigenvalue weighted by molar-refractivity contribution is -0.274. The third-order valence-corrected chi connectivity index (χ3v) is 4.35. The van der Waals surface area contributed by atoms with E-state index < -0.39 is 11.7 Å². The second-order valence-electron chi connectivity index (χ2n) is 4.74. The number of nitrogens with zero attached hydrogens (tertiary/aromatic N) is 2. The molecule has 1 aromatic heterocycles. The maximum atomic E-state index is 12.4. The van der Waals surface area contributed by atoms with Gasteiger partial charge in [0.25, 0.3) is 0 Å². The molecule has 0 saturated carbocycles. The molecule has 0 spiro atoms. The highest BCUT2D eigenvalue weighted by Crippen LogP contribution is 2.42. The van der Waals surface area contributed by atoms with Gasteiger partial charge in [0, 0.05) is 6.20 Å². The minimum Gasteiger partial charge on any atom is -0.406 e. The summed E-state index contributed by atoms with van der Waals surface area (Å²) >= 11 is 1.33. The van der Waals surface area contributed by atoms with Crippen molar-refractivity contribution >= 4 is 23.5 Å². The number of ether oxygens (including phenoxy) is 1. The van der Waals surface area contributed by atoms with Gasteiger partial charge in [-0.15, -0.1) is 24.9 Å². The molecule has 1 fully saturated rings. The third-order valence-electron chi connectivity index (χ3n) is 3.14. The van der Waals surface area contributed by atoms with E-state index in [0.29, 0.717) is 11.4 Å². The van der Waals surface area contributed by atoms with E-state index in [-0.39, 0.29) is 17.4 Å². The first-order chi connectivity index (χ1) is 10.9. The van der Waals surface area contributed by atoms with Crippen molar-refractivity contribution in [2.45, 2.75) is 11.7 Å². The number of thioether (sulfide) groups is 1. The molecule has 1 unspecified atom stereocenters. The van der Waals surface area contributed by atoms with E-state index >= 15 is 0 Å². The van der Waals surface area contributed by atoms with Crippen LogP contribution in [-0.2, 0) is 4.79 Å². The molecule has 8 heteroatoms. The van der Waals surface area contributed by atoms with Crippen LogP contribution >= 0.6 is 11.8 Å². The number of rotatable bonds is 3. The fraction of sp³-hybridized carbons (Fsp3) is 0.200. The Bertz CT molecular complexity index is 709. The average molecular weight is 340 g/mol. The second kappa shape index (κ2) is 6.11. The van der Waals surface area contributed by atoms with E-state index in [1.54, 1.807) is 30.5 Å². The van der Waals surface area contributed by atoms with Gasteiger partial charge in [-0.1, -0.05) is 18.2 Å². The standard InChI is InChI=1S/C15H11F3N2O2S/c16-15(17,18)22-11-5-3-4-10(8-11)14-20(13(21)9-23-14)12-6-1-2-7-19-12/h1-8,14H,9H2. The Kier molecular flexibility index (Phi) is 4.16. The van der Waals surface area contributed by atoms with E-state index in [1.165, 1.54) is 34.9 Å². The SMILES string of the molecule is O=C1CSC(c2cccc(OC(F)(F)F)c2)N1c1ccccn1. The molecule has 1 amide bonds. The van der Waals surface area contributed by atoms with Gasteiger partial charge in [-0.05, 0) is 29.8 Å². The maximum absolute atomic E-state index is 12.4. The number of amides is 1. The van der Waals surface area contributed by atoms with Gasteiger partial charge in [0.15, 0.2) is 0 Å². The summed E-state index contributed by atoms with van der Waals surface area (Å²) in [5, 5.41) is -0.436. The fourth-order valence-electron chi connectivity index (χ4n) is 2.28. The van der Waals surface area contributed by atoms with E-state index in [9.17, 15) is 18.0 Å². The first-order valence-corrected chi connectivity index (χ1v) is 7.69. The molecule has 0 bridgehead atoms. The summed E-state index contributed by atoms with van der Waals surface area (Å²) in [6.07, 6.45) is -3.19. The summed E-state index contributed by atoms with van der Waals surface area (Å²) in [4.78, 5) is 17.8. The molecule has 1 atom stereocenters. The van der Waals surface area contributed by atoms with Gasteiger partial charge < -0.3 is 4.74 Å². The highest BCUT2D eigenvalue weighted by Gasteiger charge is 2.36. The Morgan fingerprint density at radius 1 is 1.22 bits per heavy atom. The normalized spacial score (nSPS) is 18.3. The van der Waals surface area contributed by atoms with Crippen LogP contribution in [0.3, 0.4) is 0 Å². The van der Waals surface area contributed by atoms with Crippen LogP contribution in [0.15, 0.2) is 48.7 Å². The molecule has 23 heavy (non-hydrogen) atoms. The van der Waals surface area contributed by atoms with Crippen LogP contribution in [-0.4, -0.2) is 23.0 Å². The zero-order valence-electron chi connectivity index (χ0n) is 11.7. The van der Waals surface area contributed by atoms with E-state index in [4.69, 9.17) is 0 Å². The van der Waals surface area contributed by atoms with Crippen LogP contribution in [0.1, 0.15) is 10.9 Å². The van der Waals surface area contributed by atoms with Crippen LogP contribution in [0.25, 0.3) is 0 Å². The van der Waals surface area contributed by atoms with Crippen LogP contribution in [0, 0.1) is 0 Å². The first-order valence-electron chi connectivity index (χ1n) is 6.64. The van der Waals surface area contributed by atoms with Gasteiger partial charge in [0.2, 0.25) is 5.91 Å². The minimum absolute atomic E-state index is 0.138. The highest BCUT2D eigenvalue weighted by molar-refractivity contribution is 8.00. The van der Waals surface area contributed by atoms with Gasteiger partial charge >= 0.3 is 6.36 Å². The molecule has 1 aliphatic rings. The molecule has 1 aromatic carbocycles. The molecule has 4 nitrogen and oxygen atoms in total. The molecular formula is C15H11F3N2O2S. The molecule has 0 radical (unpaired) electrons. The summed E-state index contributed by atoms with van der Waals surface area (Å²) < 4.78 is 41.0. The predicted molar refractivity (Wildman–Crippen MR) is 80.0 cm³/mol. The average Bonchev–Trinajstić information content (AvgIpc) is 2.88. The topological polar surface area (TPSA) is 42.4 Å². The zero-order valence-corrected chi connectivity index (χ0v) is 12.5. The van der Waals surface area contributed by atoms with Gasteiger partial charge in [-0.25, -0.2) is 4.98 Å². The predicted octanol–water partition coefficient (Wildman–Crippen LogP) is 3.76. The number of aromatic nitrogens is 1. The molecule has 1 aliphatic heterocycles. The largest absolute Gasteiger partial charge is 0.573 e. The molecule has 3 rings (SSSR count). The van der Waals surface area contributed by atoms with Crippen molar-refractivity contribution in [1.29, 1.82) is 0 Å². The van der Waals surface area contributed by atoms with Crippen LogP contribution in [0.4, 0.5) is 19.0 Å². The van der Waals surface area contributed by atoms with Gasteiger partial charge in [-0.3, -0.25) is 9.69 Å². The van der Waals surface area contributed by atoms with Gasteiger partial charge in [0.1, 0.15) is 16.9 Å². The Morgan fingerprint density at radius 2 is 2.04 bits per heavy atom. The molecular weight excluding hydrogens is 329 g/mol. The van der Waals surface area contributed by atoms with Crippen molar-refractivity contribution in [2.24, 2.45) is 0 Å². The summed E-state index contributed by atoms with van der Waals surface area (Å²) in [5.74, 6) is 0.261. The van der Waals surface area contributed by atoms with Gasteiger partial charge in [0.05, 0.1) is 5.75 Å². The van der Waals surface area contributed by atoms with Crippen molar-refractivity contribution in [3.8, 4) is 5.75 Å². The lowest BCUT2D eigenvalue weighted by Gasteiger charge is -2.23. The lowest BCUT2D eigenvalue weighted by Crippen LogP contribution is -2.28. The smallest absolute Gasteiger partial charge is 0.406 e. The van der Waals surface area contributed by atoms with Crippen molar-refractivity contribution in [3.05, 3.63) is 54.2 Å². The number of carbonyl (C=O) groups excluding carboxylic acids is 1. The first kappa shape index (κ1) is 15.7. The van der Waals surface area contributed by atoms with E-state index in [1.807, 2.05) is 0 Å². The van der Waals surface area contributed by atoms with Crippen molar-refractivity contribution in [1.82, 2.24) is 4.98 Å². The summed E-state index contributed by atoms with van der Waals surface area (Å²) in [5.41, 5.74) is 0.549. The van der Waals surface area contributed by atoms with Crippen molar-refractivity contribution in [3.63, 3.8) is 0 Å². The molecule has 2 heterocycles. The number of anilines is 1. The zero-order chi connectivity index (χ0) is 16.4. The summed E-state index contributed by atoms with van der Waals surface area (Å²) in [7, 11) is 0. The number of benzene rings is 1. The fourth-order valence-corrected chi connectivity index (χ4v) is 3.43. The van der Waals surface area contributed by atoms with Crippen molar-refractivity contribution in [2.75, 3.05) is 10.7 Å². The number of alkyl halides is 3. The highest BCUT2D eigenvalue weighted by atomic mass is 32.2. The molecule has 0 aliphatic carbocycles. The number of pyridine rings is 1. The summed E-state index contributed by atoms with van der Waals surface area (Å²) in [6, 6.07) is 10.8. The second-order valence-corrected chi connectivity index (χ2v) is 5.80. The quantitative estimate of drug-likeness (QED) is 0.853. The molecule has 2 aromatic rings. The molecule has 120 valence electrons. The monoisotopic (exact) mass is 340 g/mol. The maximum Gasteiger partial charge on any atom is 0.573 e. The summed E-state index contributed by atoms with van der Waals surface area (Å²) in [6.45, 7) is 0. The lowest BCUT2D eigenvalue weighted by atomic mass is 10.2. The Balaban J connectivity index is 1.91. The van der Waals surface area contributed by atoms with Crippen LogP contribution in [0.5, 0.6) is 5.75 Å². The van der Waals surface area contributed by atoms with Crippen LogP contribution in [0.2, 0.25) is 0 Å². The number of halogens is 3. The number of hydrogen-bond acceptors (Lipinski definition) is 4. The van der Waals surface area contributed by atoms with Crippen LogP contribution < -0.4 is 9.64 Å². The van der Waals surface area contributed by atoms with E-state index in [2.05, 4.69) is 9.72 Å². The Labute approximate surface area is 134 Å². The van der Waals surface area contributed by atoms with Gasteiger partial charge in [-0.2, -0.15) is 0 Å². The number of hydrogen-bond donors (Lipinski definition) is 0. The third kappa shape index (κ3) is 3.58. The minimum atomic E-state index is -4.75. The Morgan fingerprint density at radius 3 is 2.74 bits per heavy atom. The van der Waals surface area contributed by atoms with Crippen molar-refractivity contribution < 1.29 is 22.7 Å². The Hall–Kier alpha value is -2.22. The number of carbonyl (C=O) groups is 1.